The number of amides is 1. The fraction of sp³-hybridized carbons (Fsp3) is 0.400. The standard InChI is InChI=1S/C15H17Cl2N3O2/c1-7-11-9(2-3-19-15(7)22)20-14-12(11)10(18-4-5-21)6-8(16)13(14)17/h6-7,18,20-21H,2-5H2,1H3,(H,19,22)/t7-/m0/s1. The largest absolute Gasteiger partial charge is 0.395 e. The summed E-state index contributed by atoms with van der Waals surface area (Å²) in [5.74, 6) is -0.281. The maximum absolute atomic E-state index is 12.2. The molecule has 0 bridgehead atoms. The number of aliphatic hydroxyl groups excluding tert-OH is 1. The maximum atomic E-state index is 12.2. The van der Waals surface area contributed by atoms with Crippen LogP contribution in [0, 0.1) is 0 Å². The zero-order valence-corrected chi connectivity index (χ0v) is 13.6. The molecular weight excluding hydrogens is 325 g/mol. The Morgan fingerprint density at radius 2 is 2.23 bits per heavy atom. The third-order valence-corrected chi connectivity index (χ3v) is 4.81. The number of hydrogen-bond acceptors (Lipinski definition) is 3. The number of benzene rings is 1. The second-order valence-corrected chi connectivity index (χ2v) is 6.19. The second-order valence-electron chi connectivity index (χ2n) is 5.40. The monoisotopic (exact) mass is 341 g/mol. The van der Waals surface area contributed by atoms with E-state index < -0.39 is 0 Å². The molecule has 1 aliphatic heterocycles. The molecule has 0 spiro atoms. The lowest BCUT2D eigenvalue weighted by Crippen LogP contribution is -2.26. The SMILES string of the molecule is C[C@@H]1C(=O)NCCc2[nH]c3c(Cl)c(Cl)cc(NCCO)c3c21. The van der Waals surface area contributed by atoms with Gasteiger partial charge in [-0.2, -0.15) is 0 Å². The van der Waals surface area contributed by atoms with Gasteiger partial charge in [-0.3, -0.25) is 4.79 Å². The van der Waals surface area contributed by atoms with Crippen LogP contribution in [0.2, 0.25) is 10.0 Å². The first-order valence-corrected chi connectivity index (χ1v) is 7.95. The molecule has 7 heteroatoms. The maximum Gasteiger partial charge on any atom is 0.227 e. The van der Waals surface area contributed by atoms with Crippen molar-refractivity contribution in [3.8, 4) is 0 Å². The van der Waals surface area contributed by atoms with Crippen LogP contribution in [-0.4, -0.2) is 35.7 Å². The number of rotatable bonds is 3. The van der Waals surface area contributed by atoms with Gasteiger partial charge >= 0.3 is 0 Å². The fourth-order valence-electron chi connectivity index (χ4n) is 2.99. The Labute approximate surface area is 138 Å². The van der Waals surface area contributed by atoms with E-state index in [1.165, 1.54) is 0 Å². The van der Waals surface area contributed by atoms with Gasteiger partial charge in [-0.05, 0) is 18.6 Å². The predicted molar refractivity (Wildman–Crippen MR) is 89.0 cm³/mol. The van der Waals surface area contributed by atoms with E-state index in [9.17, 15) is 4.79 Å². The van der Waals surface area contributed by atoms with Crippen molar-refractivity contribution in [2.24, 2.45) is 0 Å². The summed E-state index contributed by atoms with van der Waals surface area (Å²) in [7, 11) is 0. The zero-order chi connectivity index (χ0) is 15.9. The minimum atomic E-state index is -0.279. The molecule has 4 N–H and O–H groups in total. The van der Waals surface area contributed by atoms with Crippen molar-refractivity contribution in [3.63, 3.8) is 0 Å². The smallest absolute Gasteiger partial charge is 0.227 e. The number of aliphatic hydroxyl groups is 1. The summed E-state index contributed by atoms with van der Waals surface area (Å²) in [6.07, 6.45) is 0.716. The van der Waals surface area contributed by atoms with E-state index in [1.54, 1.807) is 6.07 Å². The number of anilines is 1. The number of hydrogen-bond donors (Lipinski definition) is 4. The van der Waals surface area contributed by atoms with E-state index in [2.05, 4.69) is 15.6 Å². The van der Waals surface area contributed by atoms with Crippen LogP contribution in [-0.2, 0) is 11.2 Å². The number of fused-ring (bicyclic) bond motifs is 3. The molecule has 2 heterocycles. The topological polar surface area (TPSA) is 77.2 Å². The van der Waals surface area contributed by atoms with Crippen LogP contribution < -0.4 is 10.6 Å². The summed E-state index contributed by atoms with van der Waals surface area (Å²) < 4.78 is 0. The van der Waals surface area contributed by atoms with E-state index in [1.807, 2.05) is 6.92 Å². The Morgan fingerprint density at radius 1 is 1.45 bits per heavy atom. The molecule has 118 valence electrons. The minimum Gasteiger partial charge on any atom is -0.395 e. The van der Waals surface area contributed by atoms with Gasteiger partial charge in [-0.15, -0.1) is 0 Å². The number of aromatic amines is 1. The van der Waals surface area contributed by atoms with Gasteiger partial charge in [0.2, 0.25) is 5.91 Å². The molecule has 1 aromatic carbocycles. The fourth-order valence-corrected chi connectivity index (χ4v) is 3.39. The number of carbonyl (C=O) groups is 1. The van der Waals surface area contributed by atoms with Gasteiger partial charge < -0.3 is 20.7 Å². The van der Waals surface area contributed by atoms with Crippen molar-refractivity contribution >= 4 is 45.7 Å². The number of aromatic nitrogens is 1. The van der Waals surface area contributed by atoms with Crippen molar-refractivity contribution in [3.05, 3.63) is 27.4 Å². The van der Waals surface area contributed by atoms with Crippen molar-refractivity contribution in [2.45, 2.75) is 19.3 Å². The first-order chi connectivity index (χ1) is 10.5. The number of carbonyl (C=O) groups excluding carboxylic acids is 1. The molecule has 2 aromatic rings. The molecule has 3 rings (SSSR count). The molecule has 0 saturated carbocycles. The highest BCUT2D eigenvalue weighted by Crippen LogP contribution is 2.42. The molecule has 5 nitrogen and oxygen atoms in total. The average molecular weight is 342 g/mol. The highest BCUT2D eigenvalue weighted by Gasteiger charge is 2.28. The summed E-state index contributed by atoms with van der Waals surface area (Å²) in [4.78, 5) is 15.5. The molecule has 1 aliphatic rings. The lowest BCUT2D eigenvalue weighted by atomic mass is 9.96. The van der Waals surface area contributed by atoms with Crippen LogP contribution in [0.3, 0.4) is 0 Å². The van der Waals surface area contributed by atoms with Gasteiger partial charge in [0.15, 0.2) is 0 Å². The van der Waals surface area contributed by atoms with Gasteiger partial charge in [-0.25, -0.2) is 0 Å². The van der Waals surface area contributed by atoms with E-state index in [0.29, 0.717) is 29.6 Å². The first kappa shape index (κ1) is 15.5. The molecule has 0 fully saturated rings. The highest BCUT2D eigenvalue weighted by atomic mass is 35.5. The third kappa shape index (κ3) is 2.43. The Morgan fingerprint density at radius 3 is 2.95 bits per heavy atom. The lowest BCUT2D eigenvalue weighted by molar-refractivity contribution is -0.121. The highest BCUT2D eigenvalue weighted by molar-refractivity contribution is 6.45. The molecule has 22 heavy (non-hydrogen) atoms. The van der Waals surface area contributed by atoms with Crippen molar-refractivity contribution in [1.29, 1.82) is 0 Å². The van der Waals surface area contributed by atoms with Crippen LogP contribution >= 0.6 is 23.2 Å². The van der Waals surface area contributed by atoms with Crippen molar-refractivity contribution in [1.82, 2.24) is 10.3 Å². The van der Waals surface area contributed by atoms with Crippen LogP contribution in [0.4, 0.5) is 5.69 Å². The van der Waals surface area contributed by atoms with E-state index in [-0.39, 0.29) is 18.4 Å². The first-order valence-electron chi connectivity index (χ1n) is 7.19. The van der Waals surface area contributed by atoms with Gasteiger partial charge in [0.25, 0.3) is 0 Å². The average Bonchev–Trinajstić information content (AvgIpc) is 2.82. The molecule has 0 unspecified atom stereocenters. The predicted octanol–water partition coefficient (Wildman–Crippen LogP) is 2.65. The van der Waals surface area contributed by atoms with Crippen LogP contribution in [0.25, 0.3) is 10.9 Å². The van der Waals surface area contributed by atoms with Gasteiger partial charge in [-0.1, -0.05) is 23.2 Å². The number of H-pyrrole nitrogens is 1. The lowest BCUT2D eigenvalue weighted by Gasteiger charge is -2.13. The Hall–Kier alpha value is -1.43. The quantitative estimate of drug-likeness (QED) is 0.693. The molecule has 1 atom stereocenters. The zero-order valence-electron chi connectivity index (χ0n) is 12.1. The summed E-state index contributed by atoms with van der Waals surface area (Å²) in [5.41, 5.74) is 3.46. The van der Waals surface area contributed by atoms with Crippen LogP contribution in [0.1, 0.15) is 24.1 Å². The van der Waals surface area contributed by atoms with Crippen LogP contribution in [0.15, 0.2) is 6.07 Å². The number of nitrogens with one attached hydrogen (secondary N) is 3. The molecule has 0 saturated heterocycles. The number of halogens is 2. The van der Waals surface area contributed by atoms with Crippen molar-refractivity contribution in [2.75, 3.05) is 25.0 Å². The summed E-state index contributed by atoms with van der Waals surface area (Å²) in [6, 6.07) is 1.74. The summed E-state index contributed by atoms with van der Waals surface area (Å²) in [6.45, 7) is 2.87. The molecular formula is C15H17Cl2N3O2. The molecule has 0 aliphatic carbocycles. The molecule has 0 radical (unpaired) electrons. The molecule has 1 aromatic heterocycles. The Bertz CT molecular complexity index is 742. The van der Waals surface area contributed by atoms with E-state index in [0.717, 1.165) is 27.8 Å². The van der Waals surface area contributed by atoms with E-state index >= 15 is 0 Å². The summed E-state index contributed by atoms with van der Waals surface area (Å²) >= 11 is 12.5. The third-order valence-electron chi connectivity index (χ3n) is 4.02. The van der Waals surface area contributed by atoms with Crippen LogP contribution in [0.5, 0.6) is 0 Å². The van der Waals surface area contributed by atoms with Gasteiger partial charge in [0.1, 0.15) is 0 Å². The Balaban J connectivity index is 2.29. The molecule has 1 amide bonds. The van der Waals surface area contributed by atoms with Gasteiger partial charge in [0.05, 0.1) is 28.1 Å². The Kier molecular flexibility index (Phi) is 4.21. The van der Waals surface area contributed by atoms with E-state index in [4.69, 9.17) is 28.3 Å². The van der Waals surface area contributed by atoms with Gasteiger partial charge in [0, 0.05) is 36.3 Å². The second kappa shape index (κ2) is 5.99. The normalized spacial score (nSPS) is 18.0. The minimum absolute atomic E-state index is 0.00108. The summed E-state index contributed by atoms with van der Waals surface area (Å²) in [5, 5.41) is 16.9. The van der Waals surface area contributed by atoms with Crippen molar-refractivity contribution < 1.29 is 9.90 Å².